The van der Waals surface area contributed by atoms with Gasteiger partial charge in [0, 0.05) is 19.7 Å². The van der Waals surface area contributed by atoms with Crippen LogP contribution in [-0.4, -0.2) is 58.4 Å². The van der Waals surface area contributed by atoms with Crippen molar-refractivity contribution in [1.29, 1.82) is 0 Å². The van der Waals surface area contributed by atoms with Crippen LogP contribution in [-0.2, 0) is 23.8 Å². The number of rotatable bonds is 4. The van der Waals surface area contributed by atoms with E-state index in [9.17, 15) is 14.4 Å². The number of nitrogen functional groups attached to an aromatic ring is 1. The van der Waals surface area contributed by atoms with Crippen molar-refractivity contribution in [3.05, 3.63) is 22.7 Å². The van der Waals surface area contributed by atoms with Gasteiger partial charge in [-0.3, -0.25) is 9.36 Å². The summed E-state index contributed by atoms with van der Waals surface area (Å²) in [6.45, 7) is 1.99. The molecule has 3 atom stereocenters. The van der Waals surface area contributed by atoms with E-state index in [1.807, 2.05) is 0 Å². The second kappa shape index (κ2) is 7.19. The fraction of sp³-hybridized carbons (Fsp3) is 0.600. The molecule has 0 saturated carbocycles. The lowest BCUT2D eigenvalue weighted by Crippen LogP contribution is -2.41. The first-order valence-corrected chi connectivity index (χ1v) is 8.01. The third kappa shape index (κ3) is 3.80. The number of nitrogens with zero attached hydrogens (tertiary/aromatic N) is 3. The summed E-state index contributed by atoms with van der Waals surface area (Å²) in [5, 5.41) is 0. The molecule has 10 heteroatoms. The number of hydrogen-bond donors (Lipinski definition) is 1. The van der Waals surface area contributed by atoms with E-state index >= 15 is 0 Å². The molecule has 3 rings (SSSR count). The van der Waals surface area contributed by atoms with Crippen LogP contribution in [0.25, 0.3) is 0 Å². The van der Waals surface area contributed by atoms with Gasteiger partial charge < -0.3 is 24.8 Å². The number of likely N-dealkylation sites (tertiary alicyclic amines) is 1. The zero-order chi connectivity index (χ0) is 18.0. The van der Waals surface area contributed by atoms with Crippen LogP contribution in [0.5, 0.6) is 0 Å². The molecule has 1 aromatic heterocycles. The summed E-state index contributed by atoms with van der Waals surface area (Å²) in [6.07, 6.45) is 1.37. The van der Waals surface area contributed by atoms with Crippen LogP contribution in [0.1, 0.15) is 26.0 Å². The summed E-state index contributed by atoms with van der Waals surface area (Å²) < 4.78 is 17.4. The standard InChI is InChI=1S/C15H20N4O6/c1-9(20)18-5-2-3-10(18)14(21)24-8-13-23-7-12(25-13)19-6-4-11(16)17-15(19)22/h4,6,10,12-13H,2-3,5,7-8H2,1H3,(H2,16,17,22)/t10?,12-,13-/m0/s1. The van der Waals surface area contributed by atoms with E-state index in [-0.39, 0.29) is 24.9 Å². The molecule has 0 radical (unpaired) electrons. The number of nitrogens with two attached hydrogens (primary N) is 1. The number of aromatic nitrogens is 2. The number of amides is 1. The highest BCUT2D eigenvalue weighted by molar-refractivity contribution is 5.83. The molecular formula is C15H20N4O6. The molecule has 2 N–H and O–H groups in total. The van der Waals surface area contributed by atoms with Crippen LogP contribution in [0.15, 0.2) is 17.1 Å². The minimum atomic E-state index is -0.786. The third-order valence-electron chi connectivity index (χ3n) is 4.19. The third-order valence-corrected chi connectivity index (χ3v) is 4.19. The molecule has 25 heavy (non-hydrogen) atoms. The Hall–Kier alpha value is -2.46. The molecule has 1 amide bonds. The lowest BCUT2D eigenvalue weighted by molar-refractivity contribution is -0.165. The molecule has 136 valence electrons. The van der Waals surface area contributed by atoms with E-state index in [1.165, 1.54) is 28.7 Å². The normalized spacial score (nSPS) is 26.0. The van der Waals surface area contributed by atoms with Gasteiger partial charge in [0.15, 0.2) is 12.5 Å². The van der Waals surface area contributed by atoms with E-state index in [1.54, 1.807) is 0 Å². The van der Waals surface area contributed by atoms with E-state index in [0.717, 1.165) is 6.42 Å². The van der Waals surface area contributed by atoms with Gasteiger partial charge in [0.2, 0.25) is 5.91 Å². The molecule has 1 aromatic rings. The zero-order valence-electron chi connectivity index (χ0n) is 13.8. The Balaban J connectivity index is 1.52. The average Bonchev–Trinajstić information content (AvgIpc) is 3.22. The van der Waals surface area contributed by atoms with Gasteiger partial charge in [-0.1, -0.05) is 0 Å². The van der Waals surface area contributed by atoms with E-state index in [4.69, 9.17) is 19.9 Å². The van der Waals surface area contributed by atoms with Gasteiger partial charge in [-0.15, -0.1) is 0 Å². The van der Waals surface area contributed by atoms with E-state index < -0.39 is 30.2 Å². The van der Waals surface area contributed by atoms with Crippen molar-refractivity contribution >= 4 is 17.7 Å². The molecular weight excluding hydrogens is 332 g/mol. The summed E-state index contributed by atoms with van der Waals surface area (Å²) >= 11 is 0. The van der Waals surface area contributed by atoms with Crippen LogP contribution in [0, 0.1) is 0 Å². The molecule has 1 unspecified atom stereocenters. The first kappa shape index (κ1) is 17.4. The van der Waals surface area contributed by atoms with Crippen molar-refractivity contribution in [2.24, 2.45) is 0 Å². The lowest BCUT2D eigenvalue weighted by Gasteiger charge is -2.22. The second-order valence-electron chi connectivity index (χ2n) is 5.90. The SMILES string of the molecule is CC(=O)N1CCCC1C(=O)OC[C@H]1OC[C@@H](n2ccc(N)nc2=O)O1. The minimum absolute atomic E-state index is 0.116. The van der Waals surface area contributed by atoms with Crippen LogP contribution in [0.2, 0.25) is 0 Å². The number of anilines is 1. The second-order valence-corrected chi connectivity index (χ2v) is 5.90. The van der Waals surface area contributed by atoms with E-state index in [2.05, 4.69) is 4.98 Å². The van der Waals surface area contributed by atoms with Crippen molar-refractivity contribution in [1.82, 2.24) is 14.5 Å². The highest BCUT2D eigenvalue weighted by atomic mass is 16.7. The van der Waals surface area contributed by atoms with Gasteiger partial charge in [0.05, 0.1) is 6.61 Å². The predicted molar refractivity (Wildman–Crippen MR) is 84.1 cm³/mol. The Morgan fingerprint density at radius 1 is 1.48 bits per heavy atom. The van der Waals surface area contributed by atoms with Gasteiger partial charge in [-0.2, -0.15) is 4.98 Å². The number of esters is 1. The molecule has 2 aliphatic heterocycles. The van der Waals surface area contributed by atoms with E-state index in [0.29, 0.717) is 13.0 Å². The van der Waals surface area contributed by atoms with Crippen molar-refractivity contribution < 1.29 is 23.8 Å². The smallest absolute Gasteiger partial charge is 0.351 e. The summed E-state index contributed by atoms with van der Waals surface area (Å²) in [6, 6.07) is 0.924. The Morgan fingerprint density at radius 3 is 3.00 bits per heavy atom. The van der Waals surface area contributed by atoms with Crippen LogP contribution in [0.3, 0.4) is 0 Å². The molecule has 10 nitrogen and oxygen atoms in total. The van der Waals surface area contributed by atoms with Crippen molar-refractivity contribution in [2.45, 2.75) is 38.3 Å². The summed E-state index contributed by atoms with van der Waals surface area (Å²) in [5.74, 6) is -0.505. The minimum Gasteiger partial charge on any atom is -0.459 e. The van der Waals surface area contributed by atoms with Crippen LogP contribution >= 0.6 is 0 Å². The monoisotopic (exact) mass is 352 g/mol. The zero-order valence-corrected chi connectivity index (χ0v) is 13.8. The van der Waals surface area contributed by atoms with Crippen molar-refractivity contribution in [3.8, 4) is 0 Å². The maximum absolute atomic E-state index is 12.2. The van der Waals surface area contributed by atoms with Gasteiger partial charge in [0.25, 0.3) is 0 Å². The maximum Gasteiger partial charge on any atom is 0.351 e. The number of carbonyl (C=O) groups is 2. The van der Waals surface area contributed by atoms with Crippen LogP contribution in [0.4, 0.5) is 5.82 Å². The Morgan fingerprint density at radius 2 is 2.28 bits per heavy atom. The molecule has 0 bridgehead atoms. The number of carbonyl (C=O) groups excluding carboxylic acids is 2. The van der Waals surface area contributed by atoms with Gasteiger partial charge in [0.1, 0.15) is 18.5 Å². The predicted octanol–water partition coefficient (Wildman–Crippen LogP) is -0.749. The molecule has 0 aromatic carbocycles. The summed E-state index contributed by atoms with van der Waals surface area (Å²) in [4.78, 5) is 40.6. The van der Waals surface area contributed by atoms with Gasteiger partial charge in [-0.05, 0) is 18.9 Å². The highest BCUT2D eigenvalue weighted by Crippen LogP contribution is 2.22. The Labute approximate surface area is 143 Å². The average molecular weight is 352 g/mol. The Bertz CT molecular complexity index is 720. The van der Waals surface area contributed by atoms with Crippen molar-refractivity contribution in [3.63, 3.8) is 0 Å². The summed E-state index contributed by atoms with van der Waals surface area (Å²) in [7, 11) is 0. The first-order chi connectivity index (χ1) is 12.0. The van der Waals surface area contributed by atoms with Gasteiger partial charge >= 0.3 is 11.7 Å². The molecule has 0 aliphatic carbocycles. The molecule has 2 fully saturated rings. The van der Waals surface area contributed by atoms with Crippen molar-refractivity contribution in [2.75, 3.05) is 25.5 Å². The molecule has 0 spiro atoms. The molecule has 3 heterocycles. The fourth-order valence-corrected chi connectivity index (χ4v) is 2.96. The molecule has 2 saturated heterocycles. The lowest BCUT2D eigenvalue weighted by atomic mass is 10.2. The quantitative estimate of drug-likeness (QED) is 0.702. The maximum atomic E-state index is 12.2. The Kier molecular flexibility index (Phi) is 5.00. The first-order valence-electron chi connectivity index (χ1n) is 8.01. The summed E-state index contributed by atoms with van der Waals surface area (Å²) in [5.41, 5.74) is 4.90. The number of ether oxygens (including phenoxy) is 3. The molecule has 2 aliphatic rings. The van der Waals surface area contributed by atoms with Crippen LogP contribution < -0.4 is 11.4 Å². The fourth-order valence-electron chi connectivity index (χ4n) is 2.96. The van der Waals surface area contributed by atoms with Gasteiger partial charge in [-0.25, -0.2) is 9.59 Å². The topological polar surface area (TPSA) is 126 Å². The number of hydrogen-bond acceptors (Lipinski definition) is 8. The highest BCUT2D eigenvalue weighted by Gasteiger charge is 2.35. The largest absolute Gasteiger partial charge is 0.459 e.